The minimum atomic E-state index is 1.17. The lowest BCUT2D eigenvalue weighted by Gasteiger charge is -2.09. The van der Waals surface area contributed by atoms with Crippen LogP contribution in [0.3, 0.4) is 0 Å². The van der Waals surface area contributed by atoms with Gasteiger partial charge in [0.15, 0.2) is 0 Å². The van der Waals surface area contributed by atoms with Gasteiger partial charge in [-0.3, -0.25) is 0 Å². The second-order valence-corrected chi connectivity index (χ2v) is 2.41. The van der Waals surface area contributed by atoms with Crippen LogP contribution in [-0.2, 0) is 0 Å². The Kier molecular flexibility index (Phi) is 1.93. The molecule has 0 saturated heterocycles. The van der Waals surface area contributed by atoms with Gasteiger partial charge >= 0.3 is 0 Å². The van der Waals surface area contributed by atoms with E-state index in [0.29, 0.717) is 0 Å². The number of rotatable bonds is 1. The van der Waals surface area contributed by atoms with Gasteiger partial charge in [-0.15, -0.1) is 0 Å². The molecule has 0 radical (unpaired) electrons. The first-order valence-electron chi connectivity index (χ1n) is 3.38. The van der Waals surface area contributed by atoms with E-state index in [9.17, 15) is 0 Å². The van der Waals surface area contributed by atoms with Gasteiger partial charge in [0.25, 0.3) is 0 Å². The fraction of sp³-hybridized carbons (Fsp3) is 0.500. The second kappa shape index (κ2) is 2.72. The van der Waals surface area contributed by atoms with Crippen LogP contribution in [0.5, 0.6) is 0 Å². The highest BCUT2D eigenvalue weighted by atomic mass is 14.8. The lowest BCUT2D eigenvalue weighted by Crippen LogP contribution is -2.07. The smallest absolute Gasteiger partial charge is 0.0110 e. The summed E-state index contributed by atoms with van der Waals surface area (Å²) in [6.07, 6.45) is 6.83. The van der Waals surface area contributed by atoms with Crippen molar-refractivity contribution in [2.24, 2.45) is 0 Å². The molecule has 0 bridgehead atoms. The fourth-order valence-electron chi connectivity index (χ4n) is 1.06. The lowest BCUT2D eigenvalue weighted by molar-refractivity contribution is 0.832. The van der Waals surface area contributed by atoms with E-state index >= 15 is 0 Å². The molecule has 50 valence electrons. The van der Waals surface area contributed by atoms with Gasteiger partial charge in [-0.1, -0.05) is 11.6 Å². The van der Waals surface area contributed by atoms with Crippen molar-refractivity contribution in [3.05, 3.63) is 23.4 Å². The molecule has 1 N–H and O–H groups in total. The molecular formula is C8H13N. The van der Waals surface area contributed by atoms with Crippen LogP contribution < -0.4 is 5.32 Å². The molecule has 1 rings (SSSR count). The summed E-state index contributed by atoms with van der Waals surface area (Å²) < 4.78 is 0. The average molecular weight is 123 g/mol. The Bertz CT molecular complexity index is 154. The van der Waals surface area contributed by atoms with E-state index in [2.05, 4.69) is 24.4 Å². The Balaban J connectivity index is 2.63. The van der Waals surface area contributed by atoms with E-state index < -0.39 is 0 Å². The summed E-state index contributed by atoms with van der Waals surface area (Å²) in [6, 6.07) is 0. The summed E-state index contributed by atoms with van der Waals surface area (Å²) in [5.41, 5.74) is 2.74. The number of allylic oxidation sites excluding steroid dienone is 4. The third kappa shape index (κ3) is 1.60. The SMILES string of the molecule is CNC1=CC(C)=CCC1. The third-order valence-electron chi connectivity index (χ3n) is 1.60. The first-order chi connectivity index (χ1) is 4.33. The molecule has 0 unspecified atom stereocenters. The van der Waals surface area contributed by atoms with Gasteiger partial charge in [0, 0.05) is 12.7 Å². The van der Waals surface area contributed by atoms with Crippen LogP contribution in [0.4, 0.5) is 0 Å². The van der Waals surface area contributed by atoms with E-state index in [1.807, 2.05) is 7.05 Å². The zero-order chi connectivity index (χ0) is 6.69. The normalized spacial score (nSPS) is 18.4. The first kappa shape index (κ1) is 6.40. The lowest BCUT2D eigenvalue weighted by atomic mass is 10.1. The predicted octanol–water partition coefficient (Wildman–Crippen LogP) is 1.83. The zero-order valence-electron chi connectivity index (χ0n) is 6.07. The topological polar surface area (TPSA) is 12.0 Å². The van der Waals surface area contributed by atoms with Gasteiger partial charge in [-0.25, -0.2) is 0 Å². The van der Waals surface area contributed by atoms with Gasteiger partial charge in [0.2, 0.25) is 0 Å². The standard InChI is InChI=1S/C8H13N/c1-7-4-3-5-8(6-7)9-2/h4,6,9H,3,5H2,1-2H3. The summed E-state index contributed by atoms with van der Waals surface area (Å²) in [5.74, 6) is 0. The van der Waals surface area contributed by atoms with Gasteiger partial charge < -0.3 is 5.32 Å². The Morgan fingerprint density at radius 2 is 2.33 bits per heavy atom. The molecule has 0 spiro atoms. The van der Waals surface area contributed by atoms with Crippen molar-refractivity contribution in [1.29, 1.82) is 0 Å². The van der Waals surface area contributed by atoms with Crippen LogP contribution in [0, 0.1) is 0 Å². The second-order valence-electron chi connectivity index (χ2n) is 2.41. The molecule has 0 atom stereocenters. The van der Waals surface area contributed by atoms with Crippen molar-refractivity contribution in [3.63, 3.8) is 0 Å². The maximum absolute atomic E-state index is 3.15. The summed E-state index contributed by atoms with van der Waals surface area (Å²) in [7, 11) is 1.98. The van der Waals surface area contributed by atoms with E-state index in [1.54, 1.807) is 0 Å². The highest BCUT2D eigenvalue weighted by Crippen LogP contribution is 2.13. The molecule has 0 heterocycles. The Labute approximate surface area is 56.5 Å². The summed E-state index contributed by atoms with van der Waals surface area (Å²) in [4.78, 5) is 0. The van der Waals surface area contributed by atoms with Crippen molar-refractivity contribution < 1.29 is 0 Å². The van der Waals surface area contributed by atoms with Crippen LogP contribution in [0.2, 0.25) is 0 Å². The molecule has 0 aromatic heterocycles. The molecule has 1 aliphatic rings. The third-order valence-corrected chi connectivity index (χ3v) is 1.60. The van der Waals surface area contributed by atoms with Crippen LogP contribution in [0.1, 0.15) is 19.8 Å². The molecule has 0 aromatic rings. The van der Waals surface area contributed by atoms with Crippen molar-refractivity contribution in [1.82, 2.24) is 5.32 Å². The molecular weight excluding hydrogens is 110 g/mol. The van der Waals surface area contributed by atoms with E-state index in [1.165, 1.54) is 24.1 Å². The van der Waals surface area contributed by atoms with Crippen LogP contribution >= 0.6 is 0 Å². The molecule has 0 fully saturated rings. The van der Waals surface area contributed by atoms with Gasteiger partial charge in [-0.2, -0.15) is 0 Å². The number of nitrogens with one attached hydrogen (secondary N) is 1. The van der Waals surface area contributed by atoms with Crippen molar-refractivity contribution in [2.45, 2.75) is 19.8 Å². The summed E-state index contributed by atoms with van der Waals surface area (Å²) >= 11 is 0. The van der Waals surface area contributed by atoms with Crippen molar-refractivity contribution in [2.75, 3.05) is 7.05 Å². The van der Waals surface area contributed by atoms with E-state index in [4.69, 9.17) is 0 Å². The molecule has 0 aromatic carbocycles. The average Bonchev–Trinajstić information content (AvgIpc) is 1.88. The monoisotopic (exact) mass is 123 g/mol. The molecule has 0 aliphatic heterocycles. The quantitative estimate of drug-likeness (QED) is 0.561. The Morgan fingerprint density at radius 3 is 2.78 bits per heavy atom. The Morgan fingerprint density at radius 1 is 1.56 bits per heavy atom. The zero-order valence-corrected chi connectivity index (χ0v) is 6.07. The van der Waals surface area contributed by atoms with Crippen LogP contribution in [0.15, 0.2) is 23.4 Å². The molecule has 9 heavy (non-hydrogen) atoms. The minimum absolute atomic E-state index is 1.17. The van der Waals surface area contributed by atoms with Crippen LogP contribution in [-0.4, -0.2) is 7.05 Å². The number of hydrogen-bond acceptors (Lipinski definition) is 1. The Hall–Kier alpha value is -0.720. The first-order valence-corrected chi connectivity index (χ1v) is 3.38. The highest BCUT2D eigenvalue weighted by Gasteiger charge is 1.98. The number of hydrogen-bond donors (Lipinski definition) is 1. The maximum atomic E-state index is 3.15. The maximum Gasteiger partial charge on any atom is 0.0110 e. The predicted molar refractivity (Wildman–Crippen MR) is 40.1 cm³/mol. The summed E-state index contributed by atoms with van der Waals surface area (Å²) in [6.45, 7) is 2.14. The van der Waals surface area contributed by atoms with Crippen molar-refractivity contribution >= 4 is 0 Å². The van der Waals surface area contributed by atoms with E-state index in [-0.39, 0.29) is 0 Å². The van der Waals surface area contributed by atoms with Crippen LogP contribution in [0.25, 0.3) is 0 Å². The van der Waals surface area contributed by atoms with Gasteiger partial charge in [0.05, 0.1) is 0 Å². The fourth-order valence-corrected chi connectivity index (χ4v) is 1.06. The van der Waals surface area contributed by atoms with Gasteiger partial charge in [0.1, 0.15) is 0 Å². The highest BCUT2D eigenvalue weighted by molar-refractivity contribution is 5.24. The largest absolute Gasteiger partial charge is 0.391 e. The van der Waals surface area contributed by atoms with E-state index in [0.717, 1.165) is 0 Å². The molecule has 1 aliphatic carbocycles. The minimum Gasteiger partial charge on any atom is -0.391 e. The molecule has 1 nitrogen and oxygen atoms in total. The molecule has 1 heteroatoms. The summed E-state index contributed by atoms with van der Waals surface area (Å²) in [5, 5.41) is 3.15. The molecule has 0 saturated carbocycles. The van der Waals surface area contributed by atoms with Gasteiger partial charge in [-0.05, 0) is 25.8 Å². The molecule has 0 amide bonds. The van der Waals surface area contributed by atoms with Crippen molar-refractivity contribution in [3.8, 4) is 0 Å².